The zero-order chi connectivity index (χ0) is 16.0. The van der Waals surface area contributed by atoms with Crippen LogP contribution in [0, 0.1) is 17.3 Å². The number of rotatable bonds is 8. The van der Waals surface area contributed by atoms with Gasteiger partial charge in [-0.3, -0.25) is 0 Å². The van der Waals surface area contributed by atoms with Crippen molar-refractivity contribution in [1.82, 2.24) is 5.32 Å². The molecule has 1 aromatic carbocycles. The highest BCUT2D eigenvalue weighted by Gasteiger charge is 2.22. The van der Waals surface area contributed by atoms with E-state index in [2.05, 4.69) is 78.0 Å². The molecule has 0 heterocycles. The molecule has 0 aliphatic rings. The van der Waals surface area contributed by atoms with E-state index in [-0.39, 0.29) is 0 Å². The summed E-state index contributed by atoms with van der Waals surface area (Å²) in [7, 11) is 0. The Hall–Kier alpha value is -1.02. The maximum absolute atomic E-state index is 5.73. The minimum Gasteiger partial charge on any atom is -0.493 e. The Morgan fingerprint density at radius 3 is 2.05 bits per heavy atom. The quantitative estimate of drug-likeness (QED) is 0.723. The maximum atomic E-state index is 5.73. The molecule has 0 aliphatic heterocycles. The van der Waals surface area contributed by atoms with Gasteiger partial charge in [0.1, 0.15) is 5.75 Å². The molecule has 0 saturated carbocycles. The zero-order valence-electron chi connectivity index (χ0n) is 14.9. The molecule has 0 aliphatic carbocycles. The van der Waals surface area contributed by atoms with Gasteiger partial charge in [0.05, 0.1) is 6.61 Å². The van der Waals surface area contributed by atoms with E-state index in [1.54, 1.807) is 0 Å². The van der Waals surface area contributed by atoms with Gasteiger partial charge in [-0.25, -0.2) is 0 Å². The monoisotopic (exact) mass is 291 g/mol. The first-order valence-electron chi connectivity index (χ1n) is 8.18. The van der Waals surface area contributed by atoms with Gasteiger partial charge in [0.2, 0.25) is 0 Å². The maximum Gasteiger partial charge on any atom is 0.119 e. The third-order valence-corrected chi connectivity index (χ3v) is 4.39. The SMILES string of the molecule is CC(C)COc1ccc(C(C)NCC(C)(C)C(C)C)cc1. The van der Waals surface area contributed by atoms with Crippen molar-refractivity contribution < 1.29 is 4.74 Å². The molecule has 1 unspecified atom stereocenters. The van der Waals surface area contributed by atoms with Crippen LogP contribution in [0.15, 0.2) is 24.3 Å². The van der Waals surface area contributed by atoms with E-state index >= 15 is 0 Å². The summed E-state index contributed by atoms with van der Waals surface area (Å²) in [6.07, 6.45) is 0. The fourth-order valence-corrected chi connectivity index (χ4v) is 1.85. The molecule has 0 fully saturated rings. The van der Waals surface area contributed by atoms with Gasteiger partial charge in [-0.15, -0.1) is 0 Å². The van der Waals surface area contributed by atoms with Crippen molar-refractivity contribution >= 4 is 0 Å². The van der Waals surface area contributed by atoms with E-state index in [1.165, 1.54) is 5.56 Å². The van der Waals surface area contributed by atoms with E-state index in [1.807, 2.05) is 0 Å². The molecule has 0 bridgehead atoms. The molecule has 0 amide bonds. The second-order valence-corrected chi connectivity index (χ2v) is 7.52. The summed E-state index contributed by atoms with van der Waals surface area (Å²) in [5.74, 6) is 2.19. The molecule has 120 valence electrons. The summed E-state index contributed by atoms with van der Waals surface area (Å²) in [6, 6.07) is 8.83. The highest BCUT2D eigenvalue weighted by Crippen LogP contribution is 2.26. The molecular formula is C19H33NO. The van der Waals surface area contributed by atoms with Crippen LogP contribution in [-0.2, 0) is 0 Å². The van der Waals surface area contributed by atoms with Crippen LogP contribution in [0.5, 0.6) is 5.75 Å². The van der Waals surface area contributed by atoms with Gasteiger partial charge in [-0.05, 0) is 41.9 Å². The smallest absolute Gasteiger partial charge is 0.119 e. The summed E-state index contributed by atoms with van der Waals surface area (Å²) in [4.78, 5) is 0. The third-order valence-electron chi connectivity index (χ3n) is 4.39. The molecular weight excluding hydrogens is 258 g/mol. The number of hydrogen-bond donors (Lipinski definition) is 1. The van der Waals surface area contributed by atoms with Crippen molar-refractivity contribution in [2.24, 2.45) is 17.3 Å². The standard InChI is InChI=1S/C19H33NO/c1-14(2)12-21-18-10-8-17(9-11-18)16(5)20-13-19(6,7)15(3)4/h8-11,14-16,20H,12-13H2,1-7H3. The zero-order valence-corrected chi connectivity index (χ0v) is 14.9. The highest BCUT2D eigenvalue weighted by molar-refractivity contribution is 5.29. The fraction of sp³-hybridized carbons (Fsp3) is 0.684. The first-order chi connectivity index (χ1) is 9.72. The van der Waals surface area contributed by atoms with E-state index in [9.17, 15) is 0 Å². The molecule has 0 saturated heterocycles. The van der Waals surface area contributed by atoms with Crippen LogP contribution >= 0.6 is 0 Å². The average molecular weight is 291 g/mol. The van der Waals surface area contributed by atoms with Gasteiger partial charge in [-0.1, -0.05) is 53.7 Å². The van der Waals surface area contributed by atoms with Crippen LogP contribution in [-0.4, -0.2) is 13.2 Å². The second-order valence-electron chi connectivity index (χ2n) is 7.52. The Kier molecular flexibility index (Phi) is 6.73. The number of nitrogens with one attached hydrogen (secondary N) is 1. The van der Waals surface area contributed by atoms with Gasteiger partial charge < -0.3 is 10.1 Å². The Balaban J connectivity index is 2.53. The van der Waals surface area contributed by atoms with Gasteiger partial charge in [0.25, 0.3) is 0 Å². The van der Waals surface area contributed by atoms with E-state index in [0.29, 0.717) is 23.3 Å². The van der Waals surface area contributed by atoms with E-state index in [0.717, 1.165) is 18.9 Å². The first kappa shape index (κ1) is 18.0. The minimum absolute atomic E-state index is 0.314. The molecule has 0 aromatic heterocycles. The summed E-state index contributed by atoms with van der Waals surface area (Å²) < 4.78 is 5.73. The van der Waals surface area contributed by atoms with Crippen molar-refractivity contribution in [3.8, 4) is 5.75 Å². The van der Waals surface area contributed by atoms with Crippen molar-refractivity contribution in [3.63, 3.8) is 0 Å². The predicted octanol–water partition coefficient (Wildman–Crippen LogP) is 5.05. The minimum atomic E-state index is 0.314. The van der Waals surface area contributed by atoms with Crippen LogP contribution in [0.1, 0.15) is 60.1 Å². The van der Waals surface area contributed by atoms with Gasteiger partial charge in [0.15, 0.2) is 0 Å². The Bertz CT molecular complexity index is 406. The average Bonchev–Trinajstić information content (AvgIpc) is 2.43. The molecule has 1 N–H and O–H groups in total. The normalized spacial score (nSPS) is 13.8. The Morgan fingerprint density at radius 2 is 1.57 bits per heavy atom. The summed E-state index contributed by atoms with van der Waals surface area (Å²) in [6.45, 7) is 17.6. The van der Waals surface area contributed by atoms with Crippen molar-refractivity contribution in [3.05, 3.63) is 29.8 Å². The van der Waals surface area contributed by atoms with Crippen molar-refractivity contribution in [2.45, 2.75) is 54.5 Å². The highest BCUT2D eigenvalue weighted by atomic mass is 16.5. The fourth-order valence-electron chi connectivity index (χ4n) is 1.85. The van der Waals surface area contributed by atoms with Crippen LogP contribution in [0.25, 0.3) is 0 Å². The van der Waals surface area contributed by atoms with Crippen LogP contribution in [0.2, 0.25) is 0 Å². The van der Waals surface area contributed by atoms with Gasteiger partial charge in [-0.2, -0.15) is 0 Å². The molecule has 1 aromatic rings. The van der Waals surface area contributed by atoms with E-state index < -0.39 is 0 Å². The molecule has 0 spiro atoms. The van der Waals surface area contributed by atoms with Gasteiger partial charge in [0, 0.05) is 12.6 Å². The molecule has 1 atom stereocenters. The van der Waals surface area contributed by atoms with Crippen molar-refractivity contribution in [2.75, 3.05) is 13.2 Å². The molecule has 21 heavy (non-hydrogen) atoms. The predicted molar refractivity (Wildman–Crippen MR) is 91.8 cm³/mol. The molecule has 1 rings (SSSR count). The lowest BCUT2D eigenvalue weighted by Crippen LogP contribution is -2.34. The number of ether oxygens (including phenoxy) is 1. The Labute approximate surface area is 131 Å². The summed E-state index contributed by atoms with van der Waals surface area (Å²) in [5, 5.41) is 3.65. The topological polar surface area (TPSA) is 21.3 Å². The van der Waals surface area contributed by atoms with E-state index in [4.69, 9.17) is 4.74 Å². The van der Waals surface area contributed by atoms with Crippen LogP contribution in [0.3, 0.4) is 0 Å². The van der Waals surface area contributed by atoms with Crippen LogP contribution < -0.4 is 10.1 Å². The first-order valence-corrected chi connectivity index (χ1v) is 8.18. The van der Waals surface area contributed by atoms with Crippen molar-refractivity contribution in [1.29, 1.82) is 0 Å². The molecule has 2 nitrogen and oxygen atoms in total. The number of hydrogen-bond acceptors (Lipinski definition) is 2. The lowest BCUT2D eigenvalue weighted by Gasteiger charge is -2.31. The third kappa shape index (κ3) is 6.09. The summed E-state index contributed by atoms with van der Waals surface area (Å²) >= 11 is 0. The largest absolute Gasteiger partial charge is 0.493 e. The van der Waals surface area contributed by atoms with Crippen LogP contribution in [0.4, 0.5) is 0 Å². The molecule has 2 heteroatoms. The Morgan fingerprint density at radius 1 is 1.00 bits per heavy atom. The van der Waals surface area contributed by atoms with Gasteiger partial charge >= 0.3 is 0 Å². The number of benzene rings is 1. The molecule has 0 radical (unpaired) electrons. The summed E-state index contributed by atoms with van der Waals surface area (Å²) in [5.41, 5.74) is 1.63. The second kappa shape index (κ2) is 7.84. The lowest BCUT2D eigenvalue weighted by atomic mass is 9.81. The lowest BCUT2D eigenvalue weighted by molar-refractivity contribution is 0.230.